The van der Waals surface area contributed by atoms with Crippen LogP contribution in [-0.2, 0) is 22.0 Å². The van der Waals surface area contributed by atoms with Crippen molar-refractivity contribution < 1.29 is 14.6 Å². The molecular formula is C27H40O3. The third kappa shape index (κ3) is 8.61. The van der Waals surface area contributed by atoms with Crippen LogP contribution in [0.2, 0.25) is 0 Å². The minimum Gasteiger partial charge on any atom is -0.493 e. The number of allylic oxidation sites excluding steroid dienone is 5. The van der Waals surface area contributed by atoms with E-state index in [1.165, 1.54) is 28.3 Å². The van der Waals surface area contributed by atoms with Crippen molar-refractivity contribution in [3.05, 3.63) is 64.8 Å². The Labute approximate surface area is 183 Å². The van der Waals surface area contributed by atoms with Gasteiger partial charge >= 0.3 is 5.97 Å². The fourth-order valence-electron chi connectivity index (χ4n) is 3.18. The molecule has 0 radical (unpaired) electrons. The Morgan fingerprint density at radius 2 is 1.57 bits per heavy atom. The predicted molar refractivity (Wildman–Crippen MR) is 128 cm³/mol. The lowest BCUT2D eigenvalue weighted by Gasteiger charge is -2.31. The van der Waals surface area contributed by atoms with E-state index in [1.54, 1.807) is 6.08 Å². The highest BCUT2D eigenvalue weighted by Crippen LogP contribution is 2.41. The van der Waals surface area contributed by atoms with Crippen molar-refractivity contribution in [3.8, 4) is 5.75 Å². The molecule has 0 aliphatic rings. The number of unbranched alkanes of at least 4 members (excludes halogenated alkanes) is 1. The van der Waals surface area contributed by atoms with E-state index in [2.05, 4.69) is 67.5 Å². The van der Waals surface area contributed by atoms with Crippen LogP contribution in [0.3, 0.4) is 0 Å². The van der Waals surface area contributed by atoms with Gasteiger partial charge in [0.1, 0.15) is 5.75 Å². The molecule has 166 valence electrons. The molecule has 0 amide bonds. The van der Waals surface area contributed by atoms with E-state index < -0.39 is 5.97 Å². The Bertz CT molecular complexity index is 761. The molecule has 0 bridgehead atoms. The van der Waals surface area contributed by atoms with Crippen LogP contribution >= 0.6 is 0 Å². The van der Waals surface area contributed by atoms with E-state index in [4.69, 9.17) is 9.84 Å². The summed E-state index contributed by atoms with van der Waals surface area (Å²) in [5, 5.41) is 8.64. The summed E-state index contributed by atoms with van der Waals surface area (Å²) in [5.74, 6) is 0.110. The molecule has 0 aliphatic heterocycles. The molecule has 1 N–H and O–H groups in total. The Morgan fingerprint density at radius 1 is 1.00 bits per heavy atom. The SMILES string of the molecule is CCCCOc1c(C(C)(C)C)cc(C/C(C)=C/C=C/C=C/C(=O)O)cc1C(C)(C)C. The van der Waals surface area contributed by atoms with E-state index in [0.29, 0.717) is 0 Å². The van der Waals surface area contributed by atoms with Crippen molar-refractivity contribution in [2.75, 3.05) is 6.61 Å². The van der Waals surface area contributed by atoms with Gasteiger partial charge in [-0.2, -0.15) is 0 Å². The maximum atomic E-state index is 10.5. The van der Waals surface area contributed by atoms with Gasteiger partial charge in [0.25, 0.3) is 0 Å². The highest BCUT2D eigenvalue weighted by atomic mass is 16.5. The predicted octanol–water partition coefficient (Wildman–Crippen LogP) is 7.15. The lowest BCUT2D eigenvalue weighted by molar-refractivity contribution is -0.131. The maximum Gasteiger partial charge on any atom is 0.328 e. The van der Waals surface area contributed by atoms with Crippen LogP contribution in [0.4, 0.5) is 0 Å². The van der Waals surface area contributed by atoms with Crippen LogP contribution in [0.5, 0.6) is 5.75 Å². The van der Waals surface area contributed by atoms with Crippen LogP contribution in [0.15, 0.2) is 48.1 Å². The van der Waals surface area contributed by atoms with Crippen molar-refractivity contribution in [2.45, 2.75) is 85.5 Å². The number of hydrogen-bond acceptors (Lipinski definition) is 2. The van der Waals surface area contributed by atoms with Gasteiger partial charge in [-0.15, -0.1) is 0 Å². The van der Waals surface area contributed by atoms with Crippen molar-refractivity contribution in [1.29, 1.82) is 0 Å². The van der Waals surface area contributed by atoms with Gasteiger partial charge in [0.2, 0.25) is 0 Å². The maximum absolute atomic E-state index is 10.5. The summed E-state index contributed by atoms with van der Waals surface area (Å²) in [5.41, 5.74) is 4.97. The van der Waals surface area contributed by atoms with E-state index in [0.717, 1.165) is 37.7 Å². The summed E-state index contributed by atoms with van der Waals surface area (Å²) in [6, 6.07) is 4.59. The summed E-state index contributed by atoms with van der Waals surface area (Å²) in [4.78, 5) is 10.5. The molecule has 0 aromatic heterocycles. The largest absolute Gasteiger partial charge is 0.493 e. The van der Waals surface area contributed by atoms with E-state index in [1.807, 2.05) is 12.2 Å². The number of rotatable bonds is 9. The average molecular weight is 413 g/mol. The molecule has 0 fully saturated rings. The highest BCUT2D eigenvalue weighted by Gasteiger charge is 2.27. The molecule has 0 spiro atoms. The summed E-state index contributed by atoms with van der Waals surface area (Å²) in [6.07, 6.45) is 11.3. The minimum absolute atomic E-state index is 0.0172. The molecule has 1 rings (SSSR count). The van der Waals surface area contributed by atoms with Crippen LogP contribution in [0.25, 0.3) is 0 Å². The molecule has 0 unspecified atom stereocenters. The Kier molecular flexibility index (Phi) is 9.61. The van der Waals surface area contributed by atoms with Gasteiger partial charge in [-0.3, -0.25) is 0 Å². The van der Waals surface area contributed by atoms with Crippen molar-refractivity contribution in [2.24, 2.45) is 0 Å². The summed E-state index contributed by atoms with van der Waals surface area (Å²) in [6.45, 7) is 18.5. The molecule has 1 aromatic carbocycles. The number of carboxylic acid groups (broad SMARTS) is 1. The molecule has 0 saturated heterocycles. The van der Waals surface area contributed by atoms with Gasteiger partial charge < -0.3 is 9.84 Å². The van der Waals surface area contributed by atoms with Crippen molar-refractivity contribution in [3.63, 3.8) is 0 Å². The highest BCUT2D eigenvalue weighted by molar-refractivity contribution is 5.80. The molecule has 0 atom stereocenters. The lowest BCUT2D eigenvalue weighted by atomic mass is 9.78. The smallest absolute Gasteiger partial charge is 0.328 e. The van der Waals surface area contributed by atoms with E-state index >= 15 is 0 Å². The standard InChI is InChI=1S/C27H40O3/c1-9-10-16-30-25-22(26(3,4)5)18-21(19-23(25)27(6,7)8)17-20(2)14-12-11-13-15-24(28)29/h11-15,18-19H,9-10,16-17H2,1-8H3,(H,28,29)/b12-11+,15-13+,20-14+. The second-order valence-electron chi connectivity index (χ2n) is 9.99. The van der Waals surface area contributed by atoms with Crippen LogP contribution in [0, 0.1) is 0 Å². The van der Waals surface area contributed by atoms with Crippen LogP contribution in [0.1, 0.15) is 84.9 Å². The molecule has 3 nitrogen and oxygen atoms in total. The molecule has 1 aromatic rings. The van der Waals surface area contributed by atoms with Crippen LogP contribution in [-0.4, -0.2) is 17.7 Å². The number of carboxylic acids is 1. The normalized spacial score (nSPS) is 13.4. The van der Waals surface area contributed by atoms with Gasteiger partial charge in [0, 0.05) is 17.2 Å². The molecule has 0 saturated carbocycles. The Morgan fingerprint density at radius 3 is 2.03 bits per heavy atom. The third-order valence-corrected chi connectivity index (χ3v) is 4.83. The van der Waals surface area contributed by atoms with Gasteiger partial charge in [-0.25, -0.2) is 4.79 Å². The molecule has 3 heteroatoms. The first kappa shape index (κ1) is 25.7. The van der Waals surface area contributed by atoms with E-state index in [-0.39, 0.29) is 10.8 Å². The van der Waals surface area contributed by atoms with Gasteiger partial charge in [-0.05, 0) is 36.2 Å². The first-order chi connectivity index (χ1) is 13.9. The first-order valence-corrected chi connectivity index (χ1v) is 10.9. The molecule has 0 heterocycles. The van der Waals surface area contributed by atoms with Crippen molar-refractivity contribution in [1.82, 2.24) is 0 Å². The third-order valence-electron chi connectivity index (χ3n) is 4.83. The topological polar surface area (TPSA) is 46.5 Å². The second kappa shape index (κ2) is 11.2. The fourth-order valence-corrected chi connectivity index (χ4v) is 3.18. The molecular weight excluding hydrogens is 372 g/mol. The monoisotopic (exact) mass is 412 g/mol. The zero-order chi connectivity index (χ0) is 22.9. The number of carbonyl (C=O) groups is 1. The van der Waals surface area contributed by atoms with Crippen molar-refractivity contribution >= 4 is 5.97 Å². The quantitative estimate of drug-likeness (QED) is 0.266. The zero-order valence-electron chi connectivity index (χ0n) is 20.1. The zero-order valence-corrected chi connectivity index (χ0v) is 20.1. The average Bonchev–Trinajstić information content (AvgIpc) is 2.60. The number of hydrogen-bond donors (Lipinski definition) is 1. The fraction of sp³-hybridized carbons (Fsp3) is 0.519. The summed E-state index contributed by atoms with van der Waals surface area (Å²) < 4.78 is 6.35. The Hall–Kier alpha value is -2.29. The van der Waals surface area contributed by atoms with Gasteiger partial charge in [0.15, 0.2) is 0 Å². The second-order valence-corrected chi connectivity index (χ2v) is 9.99. The lowest BCUT2D eigenvalue weighted by Crippen LogP contribution is -2.21. The first-order valence-electron chi connectivity index (χ1n) is 10.9. The molecule has 0 aliphatic carbocycles. The minimum atomic E-state index is -0.939. The van der Waals surface area contributed by atoms with E-state index in [9.17, 15) is 4.79 Å². The molecule has 30 heavy (non-hydrogen) atoms. The van der Waals surface area contributed by atoms with Crippen LogP contribution < -0.4 is 4.74 Å². The van der Waals surface area contributed by atoms with Gasteiger partial charge in [-0.1, -0.05) is 96.9 Å². The number of aliphatic carboxylic acids is 1. The number of benzene rings is 1. The Balaban J connectivity index is 3.32. The summed E-state index contributed by atoms with van der Waals surface area (Å²) in [7, 11) is 0. The number of ether oxygens (including phenoxy) is 1. The van der Waals surface area contributed by atoms with Gasteiger partial charge in [0.05, 0.1) is 6.61 Å². The summed E-state index contributed by atoms with van der Waals surface area (Å²) >= 11 is 0.